The zero-order valence-corrected chi connectivity index (χ0v) is 29.2. The predicted molar refractivity (Wildman–Crippen MR) is 207 cm³/mol. The highest BCUT2D eigenvalue weighted by molar-refractivity contribution is 7.96. The van der Waals surface area contributed by atoms with Gasteiger partial charge in [-0.1, -0.05) is 61.0 Å². The van der Waals surface area contributed by atoms with E-state index in [9.17, 15) is 0 Å². The second-order valence-electron chi connectivity index (χ2n) is 11.5. The molecule has 1 aliphatic rings. The fourth-order valence-corrected chi connectivity index (χ4v) is 11.9. The molecule has 0 amide bonds. The Labute approximate surface area is 286 Å². The highest BCUT2D eigenvalue weighted by Crippen LogP contribution is 2.63. The van der Waals surface area contributed by atoms with Crippen molar-refractivity contribution in [2.45, 2.75) is 51.6 Å². The molecule has 6 heteroatoms. The molecular weight excluding hydrogens is 616 g/mol. The van der Waals surface area contributed by atoms with Crippen LogP contribution in [-0.2, 0) is 0 Å². The standard InChI is InChI=1S/C24H26P.C17H20N2O2S/c1-5-13-21(14-6-1)25(22-15-7-2-8-16-22,23-17-9-3-10-18-23)24-19-11-4-12-20-24;1-3-20-15-9-5-13(6-10-15)18-17(22)19-14-7-11-16(12-8-14)21-4-2/h1-3,5-10,13-18,24H,4,11-12,19-20H2;5-12H,3-4H2,1-2H3,(H2,18,19,22)/q+1;. The molecular formula is C41H46N2O2PS+. The molecule has 0 heterocycles. The molecule has 0 aromatic heterocycles. The second kappa shape index (κ2) is 17.7. The van der Waals surface area contributed by atoms with Crippen LogP contribution < -0.4 is 36.0 Å². The molecule has 0 aliphatic heterocycles. The Morgan fingerprint density at radius 3 is 1.26 bits per heavy atom. The van der Waals surface area contributed by atoms with Gasteiger partial charge in [-0.15, -0.1) is 0 Å². The summed E-state index contributed by atoms with van der Waals surface area (Å²) in [5, 5.41) is 11.4. The van der Waals surface area contributed by atoms with Gasteiger partial charge in [0.1, 0.15) is 34.7 Å². The van der Waals surface area contributed by atoms with Gasteiger partial charge in [-0.05, 0) is 137 Å². The molecule has 2 N–H and O–H groups in total. The summed E-state index contributed by atoms with van der Waals surface area (Å²) in [6.45, 7) is 5.24. The van der Waals surface area contributed by atoms with Crippen LogP contribution in [0.2, 0.25) is 0 Å². The highest BCUT2D eigenvalue weighted by Gasteiger charge is 2.52. The summed E-state index contributed by atoms with van der Waals surface area (Å²) >= 11 is 5.30. The normalized spacial score (nSPS) is 13.1. The van der Waals surface area contributed by atoms with E-state index in [1.54, 1.807) is 15.9 Å². The predicted octanol–water partition coefficient (Wildman–Crippen LogP) is 9.61. The maximum absolute atomic E-state index is 5.40. The minimum absolute atomic E-state index is 0.535. The van der Waals surface area contributed by atoms with Gasteiger partial charge in [0.15, 0.2) is 5.11 Å². The van der Waals surface area contributed by atoms with Crippen LogP contribution in [0.5, 0.6) is 11.5 Å². The van der Waals surface area contributed by atoms with Crippen molar-refractivity contribution in [2.75, 3.05) is 23.8 Å². The average Bonchev–Trinajstić information content (AvgIpc) is 3.13. The molecule has 5 aromatic rings. The van der Waals surface area contributed by atoms with Gasteiger partial charge in [0.05, 0.1) is 18.9 Å². The molecule has 0 atom stereocenters. The van der Waals surface area contributed by atoms with E-state index in [-0.39, 0.29) is 0 Å². The van der Waals surface area contributed by atoms with E-state index in [1.807, 2.05) is 62.4 Å². The monoisotopic (exact) mass is 661 g/mol. The molecule has 0 saturated heterocycles. The molecule has 0 spiro atoms. The summed E-state index contributed by atoms with van der Waals surface area (Å²) in [5.41, 5.74) is 2.58. The number of rotatable bonds is 10. The third-order valence-electron chi connectivity index (χ3n) is 8.46. The van der Waals surface area contributed by atoms with Crippen LogP contribution in [0.25, 0.3) is 0 Å². The quantitative estimate of drug-likeness (QED) is 0.115. The third-order valence-corrected chi connectivity index (χ3v) is 13.6. The van der Waals surface area contributed by atoms with E-state index >= 15 is 0 Å². The summed E-state index contributed by atoms with van der Waals surface area (Å²) in [6.07, 6.45) is 6.85. The van der Waals surface area contributed by atoms with Crippen LogP contribution in [0.15, 0.2) is 140 Å². The highest BCUT2D eigenvalue weighted by atomic mass is 32.1. The summed E-state index contributed by atoms with van der Waals surface area (Å²) in [4.78, 5) is 0. The van der Waals surface area contributed by atoms with Crippen molar-refractivity contribution in [1.82, 2.24) is 0 Å². The summed E-state index contributed by atoms with van der Waals surface area (Å²) < 4.78 is 10.8. The SMILES string of the molecule is CCOc1ccc(NC(=S)Nc2ccc(OCC)cc2)cc1.c1ccc([P+](c2ccccc2)(c2ccccc2)C2CCCCC2)cc1. The number of anilines is 2. The molecule has 4 nitrogen and oxygen atoms in total. The van der Waals surface area contributed by atoms with Crippen LogP contribution in [-0.4, -0.2) is 24.0 Å². The van der Waals surface area contributed by atoms with Crippen molar-refractivity contribution >= 4 is 51.9 Å². The van der Waals surface area contributed by atoms with Gasteiger partial charge in [-0.3, -0.25) is 0 Å². The van der Waals surface area contributed by atoms with E-state index in [2.05, 4.69) is 102 Å². The van der Waals surface area contributed by atoms with E-state index in [0.717, 1.165) is 28.5 Å². The topological polar surface area (TPSA) is 42.5 Å². The van der Waals surface area contributed by atoms with Gasteiger partial charge in [-0.25, -0.2) is 0 Å². The number of ether oxygens (including phenoxy) is 2. The van der Waals surface area contributed by atoms with Gasteiger partial charge in [-0.2, -0.15) is 0 Å². The first-order valence-electron chi connectivity index (χ1n) is 16.7. The van der Waals surface area contributed by atoms with E-state index in [1.165, 1.54) is 32.1 Å². The minimum atomic E-state index is -1.63. The van der Waals surface area contributed by atoms with E-state index in [4.69, 9.17) is 21.7 Å². The summed E-state index contributed by atoms with van der Waals surface area (Å²) in [5.74, 6) is 1.69. The molecule has 0 bridgehead atoms. The second-order valence-corrected chi connectivity index (χ2v) is 15.6. The molecule has 0 unspecified atom stereocenters. The van der Waals surface area contributed by atoms with Crippen molar-refractivity contribution in [3.63, 3.8) is 0 Å². The van der Waals surface area contributed by atoms with Crippen LogP contribution in [0.3, 0.4) is 0 Å². The number of benzene rings is 5. The fourth-order valence-electron chi connectivity index (χ4n) is 6.43. The van der Waals surface area contributed by atoms with Crippen LogP contribution in [0.4, 0.5) is 11.4 Å². The zero-order valence-electron chi connectivity index (χ0n) is 27.5. The Balaban J connectivity index is 0.000000186. The fraction of sp³-hybridized carbons (Fsp3) is 0.244. The lowest BCUT2D eigenvalue weighted by Crippen LogP contribution is -2.39. The summed E-state index contributed by atoms with van der Waals surface area (Å²) in [6, 6.07) is 49.4. The van der Waals surface area contributed by atoms with Crippen molar-refractivity contribution in [3.8, 4) is 11.5 Å². The maximum Gasteiger partial charge on any atom is 0.175 e. The lowest BCUT2D eigenvalue weighted by atomic mass is 10.0. The van der Waals surface area contributed by atoms with E-state index in [0.29, 0.717) is 18.3 Å². The first kappa shape index (κ1) is 34.2. The number of thiocarbonyl (C=S) groups is 1. The molecule has 1 aliphatic carbocycles. The Bertz CT molecular complexity index is 1480. The van der Waals surface area contributed by atoms with Crippen LogP contribution >= 0.6 is 19.5 Å². The Morgan fingerprint density at radius 2 is 0.915 bits per heavy atom. The maximum atomic E-state index is 5.40. The molecule has 47 heavy (non-hydrogen) atoms. The van der Waals surface area contributed by atoms with Crippen molar-refractivity contribution in [2.24, 2.45) is 0 Å². The van der Waals surface area contributed by atoms with Gasteiger partial charge in [0.2, 0.25) is 0 Å². The van der Waals surface area contributed by atoms with Crippen molar-refractivity contribution < 1.29 is 9.47 Å². The number of hydrogen-bond donors (Lipinski definition) is 2. The molecule has 1 fully saturated rings. The Morgan fingerprint density at radius 1 is 0.553 bits per heavy atom. The van der Waals surface area contributed by atoms with Gasteiger partial charge >= 0.3 is 0 Å². The first-order chi connectivity index (χ1) is 23.1. The van der Waals surface area contributed by atoms with Crippen molar-refractivity contribution in [3.05, 3.63) is 140 Å². The molecule has 5 aromatic carbocycles. The van der Waals surface area contributed by atoms with Crippen molar-refractivity contribution in [1.29, 1.82) is 0 Å². The Hall–Kier alpha value is -4.18. The zero-order chi connectivity index (χ0) is 32.7. The van der Waals surface area contributed by atoms with Crippen LogP contribution in [0, 0.1) is 0 Å². The molecule has 6 rings (SSSR count). The third kappa shape index (κ3) is 9.00. The smallest absolute Gasteiger partial charge is 0.175 e. The lowest BCUT2D eigenvalue weighted by Gasteiger charge is -2.36. The molecule has 0 radical (unpaired) electrons. The number of nitrogens with one attached hydrogen (secondary N) is 2. The van der Waals surface area contributed by atoms with Crippen LogP contribution in [0.1, 0.15) is 46.0 Å². The van der Waals surface area contributed by atoms with Gasteiger partial charge < -0.3 is 20.1 Å². The largest absolute Gasteiger partial charge is 0.494 e. The lowest BCUT2D eigenvalue weighted by molar-refractivity contribution is 0.340. The Kier molecular flexibility index (Phi) is 12.8. The van der Waals surface area contributed by atoms with Gasteiger partial charge in [0.25, 0.3) is 0 Å². The average molecular weight is 662 g/mol. The minimum Gasteiger partial charge on any atom is -0.494 e. The molecule has 242 valence electrons. The van der Waals surface area contributed by atoms with Gasteiger partial charge in [0, 0.05) is 11.4 Å². The summed E-state index contributed by atoms with van der Waals surface area (Å²) in [7, 11) is -1.63. The number of hydrogen-bond acceptors (Lipinski definition) is 3. The molecule has 1 saturated carbocycles. The van der Waals surface area contributed by atoms with E-state index < -0.39 is 7.26 Å². The first-order valence-corrected chi connectivity index (χ1v) is 19.0.